The molecule has 1 aromatic carbocycles. The number of hydrogen-bond donors (Lipinski definition) is 2. The van der Waals surface area contributed by atoms with Crippen LogP contribution in [0.4, 0.5) is 5.69 Å². The molecule has 0 spiro atoms. The van der Waals surface area contributed by atoms with E-state index in [1.54, 1.807) is 18.2 Å². The number of hydrogen-bond acceptors (Lipinski definition) is 4. The van der Waals surface area contributed by atoms with Gasteiger partial charge in [0.2, 0.25) is 17.7 Å². The van der Waals surface area contributed by atoms with Gasteiger partial charge < -0.3 is 10.2 Å². The number of nitrogens with zero attached hydrogens (tertiary/aromatic N) is 1. The summed E-state index contributed by atoms with van der Waals surface area (Å²) in [6, 6.07) is 4.59. The van der Waals surface area contributed by atoms with Gasteiger partial charge in [0.15, 0.2) is 0 Å². The molecule has 29 heavy (non-hydrogen) atoms. The molecule has 0 radical (unpaired) electrons. The molecule has 0 bridgehead atoms. The Kier molecular flexibility index (Phi) is 7.01. The predicted molar refractivity (Wildman–Crippen MR) is 109 cm³/mol. The first-order valence-electron chi connectivity index (χ1n) is 10.6. The normalized spacial score (nSPS) is 18.6. The first kappa shape index (κ1) is 21.0. The predicted octanol–water partition coefficient (Wildman–Crippen LogP) is 3.14. The lowest BCUT2D eigenvalue weighted by Gasteiger charge is -2.29. The number of imide groups is 1. The average molecular weight is 399 g/mol. The first-order chi connectivity index (χ1) is 14.0. The van der Waals surface area contributed by atoms with E-state index in [1.165, 1.54) is 24.2 Å². The highest BCUT2D eigenvalue weighted by molar-refractivity contribution is 6.06. The summed E-state index contributed by atoms with van der Waals surface area (Å²) in [6.07, 6.45) is 7.70. The third kappa shape index (κ3) is 5.02. The summed E-state index contributed by atoms with van der Waals surface area (Å²) in [5, 5.41) is 5.23. The van der Waals surface area contributed by atoms with Gasteiger partial charge in [0.25, 0.3) is 5.91 Å². The van der Waals surface area contributed by atoms with Gasteiger partial charge in [0, 0.05) is 36.2 Å². The molecule has 7 heteroatoms. The molecular formula is C22H29N3O4. The molecule has 1 fully saturated rings. The Morgan fingerprint density at radius 1 is 1.14 bits per heavy atom. The zero-order valence-electron chi connectivity index (χ0n) is 17.0. The number of fused-ring (bicyclic) bond motifs is 1. The minimum atomic E-state index is -0.653. The van der Waals surface area contributed by atoms with Crippen molar-refractivity contribution in [2.24, 2.45) is 0 Å². The van der Waals surface area contributed by atoms with Crippen molar-refractivity contribution < 1.29 is 19.2 Å². The van der Waals surface area contributed by atoms with Crippen molar-refractivity contribution in [2.45, 2.75) is 77.3 Å². The molecular weight excluding hydrogens is 370 g/mol. The van der Waals surface area contributed by atoms with Gasteiger partial charge in [-0.2, -0.15) is 0 Å². The second-order valence-corrected chi connectivity index (χ2v) is 7.80. The monoisotopic (exact) mass is 399 g/mol. The van der Waals surface area contributed by atoms with Crippen molar-refractivity contribution in [3.63, 3.8) is 0 Å². The van der Waals surface area contributed by atoms with Crippen LogP contribution in [-0.4, -0.2) is 34.6 Å². The number of unbranched alkanes of at least 4 members (excludes halogenated alkanes) is 5. The van der Waals surface area contributed by atoms with E-state index in [9.17, 15) is 19.2 Å². The Balaban J connectivity index is 1.59. The van der Waals surface area contributed by atoms with Crippen LogP contribution in [0.3, 0.4) is 0 Å². The number of anilines is 1. The highest BCUT2D eigenvalue weighted by atomic mass is 16.2. The highest BCUT2D eigenvalue weighted by Gasteiger charge is 2.39. The van der Waals surface area contributed by atoms with Gasteiger partial charge in [0.05, 0.1) is 0 Å². The van der Waals surface area contributed by atoms with E-state index in [2.05, 4.69) is 17.6 Å². The Hall–Kier alpha value is -2.70. The largest absolute Gasteiger partial charge is 0.326 e. The molecule has 0 aliphatic carbocycles. The van der Waals surface area contributed by atoms with Gasteiger partial charge in [-0.1, -0.05) is 45.1 Å². The van der Waals surface area contributed by atoms with Crippen LogP contribution in [0.25, 0.3) is 0 Å². The maximum atomic E-state index is 12.8. The topological polar surface area (TPSA) is 95.6 Å². The Morgan fingerprint density at radius 3 is 2.66 bits per heavy atom. The number of benzene rings is 1. The fourth-order valence-corrected chi connectivity index (χ4v) is 3.98. The number of piperidine rings is 1. The molecule has 0 saturated carbocycles. The van der Waals surface area contributed by atoms with Crippen LogP contribution < -0.4 is 10.6 Å². The van der Waals surface area contributed by atoms with Crippen molar-refractivity contribution in [3.05, 3.63) is 29.3 Å². The number of amides is 4. The number of carbonyl (C=O) groups is 4. The van der Waals surface area contributed by atoms with Gasteiger partial charge in [-0.25, -0.2) is 0 Å². The van der Waals surface area contributed by atoms with Crippen LogP contribution >= 0.6 is 0 Å². The zero-order chi connectivity index (χ0) is 20.8. The lowest BCUT2D eigenvalue weighted by molar-refractivity contribution is -0.137. The van der Waals surface area contributed by atoms with Crippen LogP contribution in [-0.2, 0) is 20.9 Å². The van der Waals surface area contributed by atoms with Gasteiger partial charge in [-0.15, -0.1) is 0 Å². The first-order valence-corrected chi connectivity index (χ1v) is 10.6. The second kappa shape index (κ2) is 9.67. The quantitative estimate of drug-likeness (QED) is 0.493. The summed E-state index contributed by atoms with van der Waals surface area (Å²) in [7, 11) is 0. The molecule has 156 valence electrons. The van der Waals surface area contributed by atoms with Crippen molar-refractivity contribution in [1.29, 1.82) is 0 Å². The van der Waals surface area contributed by atoms with E-state index in [1.807, 2.05) is 0 Å². The fourth-order valence-electron chi connectivity index (χ4n) is 3.98. The molecule has 1 saturated heterocycles. The fraction of sp³-hybridized carbons (Fsp3) is 0.545. The van der Waals surface area contributed by atoms with E-state index in [-0.39, 0.29) is 30.7 Å². The van der Waals surface area contributed by atoms with Crippen LogP contribution in [0, 0.1) is 0 Å². The highest BCUT2D eigenvalue weighted by Crippen LogP contribution is 2.32. The lowest BCUT2D eigenvalue weighted by atomic mass is 10.0. The van der Waals surface area contributed by atoms with E-state index >= 15 is 0 Å². The Labute approximate surface area is 171 Å². The third-order valence-electron chi connectivity index (χ3n) is 5.61. The van der Waals surface area contributed by atoms with Crippen LogP contribution in [0.1, 0.15) is 80.6 Å². The molecule has 7 nitrogen and oxygen atoms in total. The van der Waals surface area contributed by atoms with Crippen LogP contribution in [0.2, 0.25) is 0 Å². The SMILES string of the molecule is CCCCCCCCC(=O)Nc1cccc2c1CN(C1CCC(=O)NC1=O)C2=O. The number of rotatable bonds is 9. The smallest absolute Gasteiger partial charge is 0.255 e. The summed E-state index contributed by atoms with van der Waals surface area (Å²) < 4.78 is 0. The van der Waals surface area contributed by atoms with Crippen molar-refractivity contribution >= 4 is 29.3 Å². The Bertz CT molecular complexity index is 805. The minimum Gasteiger partial charge on any atom is -0.326 e. The molecule has 4 amide bonds. The standard InChI is InChI=1S/C22H29N3O4/c1-2-3-4-5-6-7-11-19(26)23-17-10-8-9-15-16(17)14-25(22(15)29)18-12-13-20(27)24-21(18)28/h8-10,18H,2-7,11-14H2,1H3,(H,23,26)(H,24,27,28). The molecule has 2 N–H and O–H groups in total. The average Bonchev–Trinajstić information content (AvgIpc) is 3.02. The van der Waals surface area contributed by atoms with Crippen LogP contribution in [0.5, 0.6) is 0 Å². The van der Waals surface area contributed by atoms with E-state index in [0.29, 0.717) is 24.1 Å². The Morgan fingerprint density at radius 2 is 1.90 bits per heavy atom. The van der Waals surface area contributed by atoms with Gasteiger partial charge in [-0.3, -0.25) is 24.5 Å². The van der Waals surface area contributed by atoms with E-state index < -0.39 is 11.9 Å². The van der Waals surface area contributed by atoms with Gasteiger partial charge in [-0.05, 0) is 25.0 Å². The lowest BCUT2D eigenvalue weighted by Crippen LogP contribution is -2.52. The molecule has 1 atom stereocenters. The molecule has 1 aromatic rings. The third-order valence-corrected chi connectivity index (χ3v) is 5.61. The molecule has 0 aromatic heterocycles. The number of carbonyl (C=O) groups excluding carboxylic acids is 4. The zero-order valence-corrected chi connectivity index (χ0v) is 17.0. The molecule has 1 unspecified atom stereocenters. The summed E-state index contributed by atoms with van der Waals surface area (Å²) in [6.45, 7) is 2.44. The van der Waals surface area contributed by atoms with Gasteiger partial charge >= 0.3 is 0 Å². The van der Waals surface area contributed by atoms with E-state index in [4.69, 9.17) is 0 Å². The molecule has 2 heterocycles. The summed E-state index contributed by atoms with van der Waals surface area (Å²) in [5.41, 5.74) is 1.87. The number of nitrogens with one attached hydrogen (secondary N) is 2. The summed E-state index contributed by atoms with van der Waals surface area (Å²) >= 11 is 0. The van der Waals surface area contributed by atoms with Gasteiger partial charge in [0.1, 0.15) is 6.04 Å². The maximum absolute atomic E-state index is 12.8. The van der Waals surface area contributed by atoms with Crippen LogP contribution in [0.15, 0.2) is 18.2 Å². The van der Waals surface area contributed by atoms with E-state index in [0.717, 1.165) is 24.8 Å². The molecule has 2 aliphatic heterocycles. The summed E-state index contributed by atoms with van der Waals surface area (Å²) in [5.74, 6) is -1.03. The maximum Gasteiger partial charge on any atom is 0.255 e. The second-order valence-electron chi connectivity index (χ2n) is 7.80. The molecule has 3 rings (SSSR count). The van der Waals surface area contributed by atoms with Crippen molar-refractivity contribution in [1.82, 2.24) is 10.2 Å². The summed E-state index contributed by atoms with van der Waals surface area (Å²) in [4.78, 5) is 50.2. The molecule has 2 aliphatic rings. The van der Waals surface area contributed by atoms with Crippen molar-refractivity contribution in [3.8, 4) is 0 Å². The minimum absolute atomic E-state index is 0.0548. The van der Waals surface area contributed by atoms with Crippen molar-refractivity contribution in [2.75, 3.05) is 5.32 Å².